The summed E-state index contributed by atoms with van der Waals surface area (Å²) in [5.41, 5.74) is 11.7. The van der Waals surface area contributed by atoms with E-state index in [2.05, 4.69) is 15.6 Å². The van der Waals surface area contributed by atoms with Crippen LogP contribution in [0.3, 0.4) is 0 Å². The number of hydrogen-bond donors (Lipinski definition) is 4. The van der Waals surface area contributed by atoms with E-state index in [1.54, 1.807) is 23.1 Å². The van der Waals surface area contributed by atoms with E-state index in [4.69, 9.17) is 16.2 Å². The maximum absolute atomic E-state index is 13.5. The molecule has 0 aliphatic carbocycles. The highest BCUT2D eigenvalue weighted by molar-refractivity contribution is 8.93. The smallest absolute Gasteiger partial charge is 0.318 e. The summed E-state index contributed by atoms with van der Waals surface area (Å²) in [6, 6.07) is 15.5. The Morgan fingerprint density at radius 2 is 1.62 bits per heavy atom. The highest BCUT2D eigenvalue weighted by atomic mass is 79.9. The quantitative estimate of drug-likeness (QED) is 0.156. The fourth-order valence-corrected chi connectivity index (χ4v) is 5.06. The number of guanidine groups is 1. The van der Waals surface area contributed by atoms with Crippen LogP contribution in [0.5, 0.6) is 0 Å². The lowest BCUT2D eigenvalue weighted by Crippen LogP contribution is -2.55. The van der Waals surface area contributed by atoms with Crippen LogP contribution in [0.4, 0.5) is 4.79 Å². The lowest BCUT2D eigenvalue weighted by Gasteiger charge is -2.29. The summed E-state index contributed by atoms with van der Waals surface area (Å²) in [6.45, 7) is 2.04. The summed E-state index contributed by atoms with van der Waals surface area (Å²) in [5.74, 6) is -0.486. The monoisotopic (exact) mass is 636 g/mol. The molecule has 1 aliphatic heterocycles. The maximum atomic E-state index is 13.5. The maximum Gasteiger partial charge on any atom is 0.318 e. The van der Waals surface area contributed by atoms with Gasteiger partial charge in [0.05, 0.1) is 18.1 Å². The number of nitrogens with zero attached hydrogens (tertiary/aromatic N) is 2. The molecular formula is C27H37BrN6O5S. The van der Waals surface area contributed by atoms with Gasteiger partial charge in [0.1, 0.15) is 6.04 Å². The topological polar surface area (TPSA) is 169 Å². The van der Waals surface area contributed by atoms with E-state index < -0.39 is 27.8 Å². The summed E-state index contributed by atoms with van der Waals surface area (Å²) in [5, 5.41) is 6.83. The van der Waals surface area contributed by atoms with Crippen LogP contribution < -0.4 is 22.1 Å². The van der Waals surface area contributed by atoms with Crippen molar-refractivity contribution in [3.05, 3.63) is 77.7 Å². The van der Waals surface area contributed by atoms with Crippen LogP contribution in [-0.2, 0) is 25.8 Å². The van der Waals surface area contributed by atoms with Crippen molar-refractivity contribution in [2.24, 2.45) is 16.5 Å². The van der Waals surface area contributed by atoms with Crippen molar-refractivity contribution in [2.75, 3.05) is 32.8 Å². The molecule has 13 heteroatoms. The third-order valence-electron chi connectivity index (χ3n) is 6.05. The number of nitrogens with one attached hydrogen (secondary N) is 2. The molecule has 218 valence electrons. The highest BCUT2D eigenvalue weighted by Crippen LogP contribution is 2.13. The molecule has 1 fully saturated rings. The zero-order valence-corrected chi connectivity index (χ0v) is 24.7. The number of carbonyl (C=O) groups excluding carboxylic acids is 2. The van der Waals surface area contributed by atoms with E-state index in [-0.39, 0.29) is 40.3 Å². The van der Waals surface area contributed by atoms with Gasteiger partial charge in [0.15, 0.2) is 15.8 Å². The molecule has 1 unspecified atom stereocenters. The van der Waals surface area contributed by atoms with Crippen molar-refractivity contribution in [1.82, 2.24) is 15.5 Å². The number of hydrogen-bond acceptors (Lipinski definition) is 6. The summed E-state index contributed by atoms with van der Waals surface area (Å²) >= 11 is 0. The third-order valence-corrected chi connectivity index (χ3v) is 7.50. The lowest BCUT2D eigenvalue weighted by atomic mass is 10.0. The number of morpholine rings is 1. The Morgan fingerprint density at radius 1 is 1.00 bits per heavy atom. The fraction of sp³-hybridized carbons (Fsp3) is 0.370. The van der Waals surface area contributed by atoms with Gasteiger partial charge in [-0.05, 0) is 30.5 Å². The molecular weight excluding hydrogens is 600 g/mol. The Hall–Kier alpha value is -3.42. The van der Waals surface area contributed by atoms with Crippen LogP contribution in [0, 0.1) is 0 Å². The number of ether oxygens (including phenoxy) is 1. The molecule has 2 atom stereocenters. The first-order valence-electron chi connectivity index (χ1n) is 12.8. The molecule has 3 rings (SSSR count). The first-order valence-corrected chi connectivity index (χ1v) is 14.3. The number of aliphatic imine (C=N–C) groups is 1. The molecule has 2 aromatic carbocycles. The van der Waals surface area contributed by atoms with Crippen LogP contribution in [0.15, 0.2) is 82.0 Å². The molecule has 1 heterocycles. The molecule has 1 saturated heterocycles. The molecule has 6 N–H and O–H groups in total. The number of benzene rings is 2. The minimum Gasteiger partial charge on any atom is -0.378 e. The first kappa shape index (κ1) is 32.8. The Balaban J connectivity index is 0.00000560. The van der Waals surface area contributed by atoms with Crippen LogP contribution in [-0.4, -0.2) is 76.1 Å². The number of sulfone groups is 1. The molecule has 0 saturated carbocycles. The summed E-state index contributed by atoms with van der Waals surface area (Å²) in [6.07, 6.45) is 2.56. The average molecular weight is 638 g/mol. The largest absolute Gasteiger partial charge is 0.378 e. The molecule has 0 spiro atoms. The average Bonchev–Trinajstić information content (AvgIpc) is 2.94. The van der Waals surface area contributed by atoms with Gasteiger partial charge in [-0.15, -0.1) is 17.0 Å². The molecule has 11 nitrogen and oxygen atoms in total. The molecule has 0 bridgehead atoms. The van der Waals surface area contributed by atoms with E-state index in [0.29, 0.717) is 45.7 Å². The molecule has 2 aromatic rings. The second-order valence-electron chi connectivity index (χ2n) is 9.04. The number of urea groups is 1. The van der Waals surface area contributed by atoms with Gasteiger partial charge >= 0.3 is 6.03 Å². The summed E-state index contributed by atoms with van der Waals surface area (Å²) in [7, 11) is -3.73. The van der Waals surface area contributed by atoms with E-state index in [0.717, 1.165) is 11.0 Å². The van der Waals surface area contributed by atoms with E-state index in [1.165, 1.54) is 18.2 Å². The van der Waals surface area contributed by atoms with Crippen molar-refractivity contribution in [3.8, 4) is 0 Å². The van der Waals surface area contributed by atoms with Crippen LogP contribution in [0.1, 0.15) is 18.4 Å². The first-order chi connectivity index (χ1) is 18.7. The van der Waals surface area contributed by atoms with E-state index in [9.17, 15) is 18.0 Å². The Kier molecular flexibility index (Phi) is 13.6. The molecule has 0 aromatic heterocycles. The third kappa shape index (κ3) is 11.0. The predicted octanol–water partition coefficient (Wildman–Crippen LogP) is 1.74. The SMILES string of the molecule is Br.NC(N)=NCCC[C@@H](/C=C/S(=O)(=O)c1ccccc1)NC(=O)C(Cc1ccccc1)NC(=O)N1CCOCC1. The van der Waals surface area contributed by atoms with Crippen molar-refractivity contribution in [1.29, 1.82) is 0 Å². The number of halogens is 1. The van der Waals surface area contributed by atoms with Crippen LogP contribution in [0.25, 0.3) is 0 Å². The molecule has 3 amide bonds. The Morgan fingerprint density at radius 3 is 2.25 bits per heavy atom. The zero-order valence-electron chi connectivity index (χ0n) is 22.1. The molecule has 1 aliphatic rings. The Labute approximate surface area is 245 Å². The fourth-order valence-electron chi connectivity index (χ4n) is 3.97. The standard InChI is InChI=1S/C27H36N6O5S.BrH/c28-26(29)30-14-7-10-22(13-19-39(36,37)23-11-5-2-6-12-23)31-25(34)24(20-21-8-3-1-4-9-21)32-27(35)33-15-17-38-18-16-33;/h1-6,8-9,11-13,19,22,24H,7,10,14-18,20H2,(H,31,34)(H,32,35)(H4,28,29,30);1H/b19-13+;/t22-,24?;/m0./s1. The molecule has 0 radical (unpaired) electrons. The second-order valence-corrected chi connectivity index (χ2v) is 10.9. The van der Waals surface area contributed by atoms with Gasteiger partial charge in [-0.3, -0.25) is 9.79 Å². The zero-order chi connectivity index (χ0) is 28.1. The van der Waals surface area contributed by atoms with E-state index >= 15 is 0 Å². The number of nitrogens with two attached hydrogens (primary N) is 2. The number of rotatable bonds is 12. The van der Waals surface area contributed by atoms with Gasteiger partial charge < -0.3 is 31.7 Å². The van der Waals surface area contributed by atoms with E-state index in [1.807, 2.05) is 30.3 Å². The van der Waals surface area contributed by atoms with Crippen LogP contribution >= 0.6 is 17.0 Å². The van der Waals surface area contributed by atoms with Crippen molar-refractivity contribution in [2.45, 2.75) is 36.2 Å². The Bertz CT molecular complexity index is 1230. The van der Waals surface area contributed by atoms with Crippen molar-refractivity contribution < 1.29 is 22.7 Å². The number of carbonyl (C=O) groups is 2. The van der Waals surface area contributed by atoms with Gasteiger partial charge in [-0.25, -0.2) is 13.2 Å². The minimum atomic E-state index is -3.73. The van der Waals surface area contributed by atoms with Gasteiger partial charge in [0, 0.05) is 37.5 Å². The summed E-state index contributed by atoms with van der Waals surface area (Å²) < 4.78 is 30.9. The van der Waals surface area contributed by atoms with Gasteiger partial charge in [-0.1, -0.05) is 54.6 Å². The normalized spacial score (nSPS) is 14.9. The van der Waals surface area contributed by atoms with Crippen molar-refractivity contribution >= 4 is 44.7 Å². The lowest BCUT2D eigenvalue weighted by molar-refractivity contribution is -0.123. The summed E-state index contributed by atoms with van der Waals surface area (Å²) in [4.78, 5) is 32.1. The molecule has 40 heavy (non-hydrogen) atoms. The predicted molar refractivity (Wildman–Crippen MR) is 160 cm³/mol. The van der Waals surface area contributed by atoms with Gasteiger partial charge in [0.2, 0.25) is 5.91 Å². The number of amides is 3. The van der Waals surface area contributed by atoms with Gasteiger partial charge in [0.25, 0.3) is 0 Å². The van der Waals surface area contributed by atoms with Gasteiger partial charge in [-0.2, -0.15) is 0 Å². The van der Waals surface area contributed by atoms with Crippen molar-refractivity contribution in [3.63, 3.8) is 0 Å². The highest BCUT2D eigenvalue weighted by Gasteiger charge is 2.26. The minimum absolute atomic E-state index is 0. The van der Waals surface area contributed by atoms with Crippen LogP contribution in [0.2, 0.25) is 0 Å². The second kappa shape index (κ2) is 16.6.